The number of carbonyl (C=O) groups is 1. The van der Waals surface area contributed by atoms with Crippen molar-refractivity contribution in [3.05, 3.63) is 53.0 Å². The Morgan fingerprint density at radius 1 is 1.10 bits per heavy atom. The molecule has 1 N–H and O–H groups in total. The largest absolute Gasteiger partial charge is 0.350 e. The summed E-state index contributed by atoms with van der Waals surface area (Å²) in [7, 11) is 0. The molecule has 5 rings (SSSR count). The zero-order chi connectivity index (χ0) is 20.5. The van der Waals surface area contributed by atoms with E-state index < -0.39 is 0 Å². The van der Waals surface area contributed by atoms with E-state index in [4.69, 9.17) is 0 Å². The summed E-state index contributed by atoms with van der Waals surface area (Å²) in [4.78, 5) is 30.1. The molecule has 3 aromatic rings. The number of fused-ring (bicyclic) bond motifs is 1. The molecule has 7 nitrogen and oxygen atoms in total. The molecule has 1 amide bonds. The van der Waals surface area contributed by atoms with E-state index in [0.717, 1.165) is 30.4 Å². The van der Waals surface area contributed by atoms with E-state index in [-0.39, 0.29) is 17.6 Å². The van der Waals surface area contributed by atoms with E-state index in [0.29, 0.717) is 24.6 Å². The van der Waals surface area contributed by atoms with E-state index in [1.165, 1.54) is 32.1 Å². The van der Waals surface area contributed by atoms with Crippen molar-refractivity contribution in [1.82, 2.24) is 24.0 Å². The number of benzene rings is 1. The van der Waals surface area contributed by atoms with E-state index in [1.807, 2.05) is 38.1 Å². The van der Waals surface area contributed by atoms with Crippen LogP contribution in [0.3, 0.4) is 0 Å². The van der Waals surface area contributed by atoms with Crippen LogP contribution in [0.25, 0.3) is 11.0 Å². The van der Waals surface area contributed by atoms with Gasteiger partial charge in [-0.2, -0.15) is 0 Å². The summed E-state index contributed by atoms with van der Waals surface area (Å²) in [6.07, 6.45) is 13.5. The van der Waals surface area contributed by atoms with Gasteiger partial charge in [-0.25, -0.2) is 9.78 Å². The van der Waals surface area contributed by atoms with Crippen LogP contribution in [0.4, 0.5) is 0 Å². The average molecular weight is 408 g/mol. The maximum absolute atomic E-state index is 13.4. The van der Waals surface area contributed by atoms with Crippen molar-refractivity contribution in [1.29, 1.82) is 0 Å². The van der Waals surface area contributed by atoms with Gasteiger partial charge >= 0.3 is 5.69 Å². The number of hydrogen-bond donors (Lipinski definition) is 1. The van der Waals surface area contributed by atoms with Gasteiger partial charge in [0.2, 0.25) is 0 Å². The normalized spacial score (nSPS) is 17.5. The summed E-state index contributed by atoms with van der Waals surface area (Å²) < 4.78 is 5.86. The van der Waals surface area contributed by atoms with Gasteiger partial charge in [0.15, 0.2) is 0 Å². The third-order valence-corrected chi connectivity index (χ3v) is 6.52. The first-order valence-corrected chi connectivity index (χ1v) is 11.2. The maximum atomic E-state index is 13.4. The minimum Gasteiger partial charge on any atom is -0.350 e. The summed E-state index contributed by atoms with van der Waals surface area (Å²) >= 11 is 0. The first-order chi connectivity index (χ1) is 14.7. The van der Waals surface area contributed by atoms with Crippen LogP contribution in [0.5, 0.6) is 0 Å². The lowest BCUT2D eigenvalue weighted by molar-refractivity contribution is 0.0952. The topological polar surface area (TPSA) is 73.8 Å². The quantitative estimate of drug-likeness (QED) is 0.653. The number of amides is 1. The van der Waals surface area contributed by atoms with Crippen molar-refractivity contribution < 1.29 is 4.79 Å². The average Bonchev–Trinajstić information content (AvgIpc) is 3.36. The summed E-state index contributed by atoms with van der Waals surface area (Å²) in [5.74, 6) is 0.494. The van der Waals surface area contributed by atoms with Crippen molar-refractivity contribution in [2.75, 3.05) is 6.54 Å². The van der Waals surface area contributed by atoms with E-state index in [1.54, 1.807) is 12.5 Å². The highest BCUT2D eigenvalue weighted by Crippen LogP contribution is 2.33. The summed E-state index contributed by atoms with van der Waals surface area (Å²) in [5, 5.41) is 2.98. The number of aromatic nitrogens is 4. The predicted octanol–water partition coefficient (Wildman–Crippen LogP) is 3.34. The number of hydrogen-bond acceptors (Lipinski definition) is 3. The molecule has 2 saturated carbocycles. The Bertz CT molecular complexity index is 1080. The molecular formula is C23H29N5O2. The maximum Gasteiger partial charge on any atom is 0.329 e. The van der Waals surface area contributed by atoms with Gasteiger partial charge in [0, 0.05) is 43.6 Å². The zero-order valence-corrected chi connectivity index (χ0v) is 17.3. The molecule has 158 valence electrons. The second kappa shape index (κ2) is 8.13. The van der Waals surface area contributed by atoms with Crippen LogP contribution in [0, 0.1) is 5.92 Å². The summed E-state index contributed by atoms with van der Waals surface area (Å²) in [6, 6.07) is 6.02. The Morgan fingerprint density at radius 3 is 2.67 bits per heavy atom. The van der Waals surface area contributed by atoms with Crippen molar-refractivity contribution in [3.63, 3.8) is 0 Å². The molecule has 2 aliphatic rings. The summed E-state index contributed by atoms with van der Waals surface area (Å²) in [5.41, 5.74) is 2.59. The number of imidazole rings is 2. The van der Waals surface area contributed by atoms with Gasteiger partial charge in [-0.1, -0.05) is 19.3 Å². The van der Waals surface area contributed by atoms with Gasteiger partial charge in [-0.15, -0.1) is 0 Å². The fourth-order valence-corrected chi connectivity index (χ4v) is 4.67. The lowest BCUT2D eigenvalue weighted by atomic mass is 9.95. The fraction of sp³-hybridized carbons (Fsp3) is 0.522. The monoisotopic (exact) mass is 407 g/mol. The van der Waals surface area contributed by atoms with Crippen LogP contribution >= 0.6 is 0 Å². The van der Waals surface area contributed by atoms with Crippen LogP contribution in [0.15, 0.2) is 41.7 Å². The molecule has 0 atom stereocenters. The molecule has 2 aromatic heterocycles. The highest BCUT2D eigenvalue weighted by molar-refractivity contribution is 5.97. The van der Waals surface area contributed by atoms with Gasteiger partial charge in [-0.05, 0) is 49.8 Å². The van der Waals surface area contributed by atoms with Crippen molar-refractivity contribution in [2.24, 2.45) is 5.92 Å². The first kappa shape index (κ1) is 19.2. The van der Waals surface area contributed by atoms with Gasteiger partial charge in [0.1, 0.15) is 0 Å². The standard InChI is InChI=1S/C23H29N5O2/c29-22(25-11-13-26-12-10-24-16-26)18-8-9-20-21(14-18)27(15-17-6-7-17)23(30)28(20)19-4-2-1-3-5-19/h8-10,12,14,16-17,19H,1-7,11,13,15H2,(H,25,29). The van der Waals surface area contributed by atoms with Gasteiger partial charge in [0.25, 0.3) is 5.91 Å². The number of nitrogens with zero attached hydrogens (tertiary/aromatic N) is 4. The molecule has 0 bridgehead atoms. The molecule has 2 aliphatic carbocycles. The second-order valence-electron chi connectivity index (χ2n) is 8.76. The molecule has 2 heterocycles. The van der Waals surface area contributed by atoms with Crippen LogP contribution < -0.4 is 11.0 Å². The lowest BCUT2D eigenvalue weighted by Crippen LogP contribution is -2.29. The minimum atomic E-state index is -0.104. The third-order valence-electron chi connectivity index (χ3n) is 6.52. The Kier molecular flexibility index (Phi) is 5.19. The summed E-state index contributed by atoms with van der Waals surface area (Å²) in [6.45, 7) is 1.98. The van der Waals surface area contributed by atoms with Crippen molar-refractivity contribution in [3.8, 4) is 0 Å². The van der Waals surface area contributed by atoms with Crippen LogP contribution in [0.2, 0.25) is 0 Å². The Hall–Kier alpha value is -2.83. The molecule has 1 aromatic carbocycles. The lowest BCUT2D eigenvalue weighted by Gasteiger charge is -2.23. The van der Waals surface area contributed by atoms with E-state index in [2.05, 4.69) is 10.3 Å². The number of carbonyl (C=O) groups excluding carboxylic acids is 1. The zero-order valence-electron chi connectivity index (χ0n) is 17.3. The number of nitrogens with one attached hydrogen (secondary N) is 1. The van der Waals surface area contributed by atoms with Crippen LogP contribution in [-0.2, 0) is 13.1 Å². The Morgan fingerprint density at radius 2 is 1.93 bits per heavy atom. The van der Waals surface area contributed by atoms with Crippen molar-refractivity contribution in [2.45, 2.75) is 64.1 Å². The molecular weight excluding hydrogens is 378 g/mol. The van der Waals surface area contributed by atoms with Gasteiger partial charge in [-0.3, -0.25) is 13.9 Å². The minimum absolute atomic E-state index is 0.0986. The van der Waals surface area contributed by atoms with Gasteiger partial charge < -0.3 is 9.88 Å². The van der Waals surface area contributed by atoms with Gasteiger partial charge in [0.05, 0.1) is 17.4 Å². The first-order valence-electron chi connectivity index (χ1n) is 11.2. The smallest absolute Gasteiger partial charge is 0.329 e. The molecule has 0 saturated heterocycles. The van der Waals surface area contributed by atoms with Crippen LogP contribution in [-0.4, -0.2) is 31.1 Å². The van der Waals surface area contributed by atoms with E-state index >= 15 is 0 Å². The highest BCUT2D eigenvalue weighted by Gasteiger charge is 2.27. The highest BCUT2D eigenvalue weighted by atomic mass is 16.2. The Balaban J connectivity index is 1.43. The molecule has 2 fully saturated rings. The van der Waals surface area contributed by atoms with E-state index in [9.17, 15) is 9.59 Å². The second-order valence-corrected chi connectivity index (χ2v) is 8.76. The molecule has 7 heteroatoms. The van der Waals surface area contributed by atoms with Crippen LogP contribution in [0.1, 0.15) is 61.3 Å². The number of rotatable bonds is 7. The molecule has 30 heavy (non-hydrogen) atoms. The third kappa shape index (κ3) is 3.80. The predicted molar refractivity (Wildman–Crippen MR) is 116 cm³/mol. The molecule has 0 unspecified atom stereocenters. The Labute approximate surface area is 175 Å². The SMILES string of the molecule is O=C(NCCn1ccnc1)c1ccc2c(c1)n(CC1CC1)c(=O)n2C1CCCCC1. The molecule has 0 aliphatic heterocycles. The fourth-order valence-electron chi connectivity index (χ4n) is 4.67. The molecule has 0 radical (unpaired) electrons. The van der Waals surface area contributed by atoms with Crippen molar-refractivity contribution >= 4 is 16.9 Å². The molecule has 0 spiro atoms.